The first-order chi connectivity index (χ1) is 8.58. The van der Waals surface area contributed by atoms with Crippen molar-refractivity contribution in [3.63, 3.8) is 0 Å². The first-order valence-electron chi connectivity index (χ1n) is 5.49. The van der Waals surface area contributed by atoms with Crippen molar-refractivity contribution in [1.82, 2.24) is 5.32 Å². The minimum absolute atomic E-state index is 0.194. The Balaban J connectivity index is 2.64. The van der Waals surface area contributed by atoms with Gasteiger partial charge in [0.2, 0.25) is 5.91 Å². The summed E-state index contributed by atoms with van der Waals surface area (Å²) < 4.78 is 31.5. The molecule has 6 heteroatoms. The Hall–Kier alpha value is -1.53. The number of carbonyl (C=O) groups is 1. The molecule has 18 heavy (non-hydrogen) atoms. The normalized spacial score (nSPS) is 12.2. The van der Waals surface area contributed by atoms with Crippen molar-refractivity contribution < 1.29 is 18.3 Å². The lowest BCUT2D eigenvalue weighted by atomic mass is 10.1. The highest BCUT2D eigenvalue weighted by Crippen LogP contribution is 2.12. The van der Waals surface area contributed by atoms with E-state index in [0.717, 1.165) is 12.1 Å². The van der Waals surface area contributed by atoms with Crippen molar-refractivity contribution in [1.29, 1.82) is 0 Å². The molecule has 0 aromatic heterocycles. The first-order valence-corrected chi connectivity index (χ1v) is 5.49. The van der Waals surface area contributed by atoms with Gasteiger partial charge < -0.3 is 15.8 Å². The van der Waals surface area contributed by atoms with Crippen LogP contribution >= 0.6 is 0 Å². The van der Waals surface area contributed by atoms with E-state index >= 15 is 0 Å². The summed E-state index contributed by atoms with van der Waals surface area (Å²) in [6.07, 6.45) is -0.362. The average molecular weight is 258 g/mol. The van der Waals surface area contributed by atoms with E-state index in [-0.39, 0.29) is 31.2 Å². The number of nitrogens with one attached hydrogen (secondary N) is 1. The molecule has 1 rings (SSSR count). The molecule has 0 saturated carbocycles. The largest absolute Gasteiger partial charge is 0.383 e. The van der Waals surface area contributed by atoms with Gasteiger partial charge in [-0.15, -0.1) is 0 Å². The second-order valence-electron chi connectivity index (χ2n) is 3.83. The quantitative estimate of drug-likeness (QED) is 0.785. The Kier molecular flexibility index (Phi) is 5.67. The molecule has 0 aliphatic rings. The molecule has 4 nitrogen and oxygen atoms in total. The zero-order chi connectivity index (χ0) is 13.5. The standard InChI is InChI=1S/C12H16F2N2O2/c1-18-7-8(6-15)16-12(17)5-9-10(13)3-2-4-11(9)14/h2-4,8H,5-7,15H2,1H3,(H,16,17). The molecule has 0 aliphatic carbocycles. The zero-order valence-corrected chi connectivity index (χ0v) is 10.1. The fourth-order valence-electron chi connectivity index (χ4n) is 1.51. The molecule has 1 atom stereocenters. The van der Waals surface area contributed by atoms with E-state index in [1.807, 2.05) is 0 Å². The number of amides is 1. The number of benzene rings is 1. The van der Waals surface area contributed by atoms with Crippen molar-refractivity contribution in [2.75, 3.05) is 20.3 Å². The van der Waals surface area contributed by atoms with Gasteiger partial charge in [-0.1, -0.05) is 6.07 Å². The molecule has 0 aliphatic heterocycles. The molecular weight excluding hydrogens is 242 g/mol. The van der Waals surface area contributed by atoms with E-state index in [2.05, 4.69) is 5.32 Å². The molecule has 1 aromatic carbocycles. The van der Waals surface area contributed by atoms with Crippen molar-refractivity contribution in [2.45, 2.75) is 12.5 Å². The predicted molar refractivity (Wildman–Crippen MR) is 62.9 cm³/mol. The van der Waals surface area contributed by atoms with Gasteiger partial charge in [0, 0.05) is 19.2 Å². The fraction of sp³-hybridized carbons (Fsp3) is 0.417. The number of hydrogen-bond donors (Lipinski definition) is 2. The lowest BCUT2D eigenvalue weighted by Gasteiger charge is -2.16. The summed E-state index contributed by atoms with van der Waals surface area (Å²) in [6.45, 7) is 0.446. The van der Waals surface area contributed by atoms with E-state index in [4.69, 9.17) is 10.5 Å². The van der Waals surface area contributed by atoms with E-state index in [1.54, 1.807) is 0 Å². The van der Waals surface area contributed by atoms with Gasteiger partial charge >= 0.3 is 0 Å². The molecule has 0 heterocycles. The van der Waals surface area contributed by atoms with Crippen LogP contribution in [0.15, 0.2) is 18.2 Å². The fourth-order valence-corrected chi connectivity index (χ4v) is 1.51. The van der Waals surface area contributed by atoms with Gasteiger partial charge in [0.25, 0.3) is 0 Å². The van der Waals surface area contributed by atoms with Crippen molar-refractivity contribution in [2.24, 2.45) is 5.73 Å². The van der Waals surface area contributed by atoms with Crippen LogP contribution in [0, 0.1) is 11.6 Å². The summed E-state index contributed by atoms with van der Waals surface area (Å²) in [5, 5.41) is 2.55. The summed E-state index contributed by atoms with van der Waals surface area (Å²) in [5.74, 6) is -1.96. The van der Waals surface area contributed by atoms with Crippen LogP contribution in [0.25, 0.3) is 0 Å². The molecule has 1 unspecified atom stereocenters. The lowest BCUT2D eigenvalue weighted by Crippen LogP contribution is -2.43. The van der Waals surface area contributed by atoms with Crippen LogP contribution in [0.4, 0.5) is 8.78 Å². The molecule has 100 valence electrons. The summed E-state index contributed by atoms with van der Waals surface area (Å²) >= 11 is 0. The number of nitrogens with two attached hydrogens (primary N) is 1. The van der Waals surface area contributed by atoms with Crippen LogP contribution in [-0.4, -0.2) is 32.2 Å². The maximum Gasteiger partial charge on any atom is 0.224 e. The zero-order valence-electron chi connectivity index (χ0n) is 10.1. The van der Waals surface area contributed by atoms with Crippen molar-refractivity contribution in [3.05, 3.63) is 35.4 Å². The summed E-state index contributed by atoms with van der Waals surface area (Å²) in [7, 11) is 1.48. The third-order valence-corrected chi connectivity index (χ3v) is 2.42. The lowest BCUT2D eigenvalue weighted by molar-refractivity contribution is -0.121. The molecule has 0 saturated heterocycles. The first kappa shape index (κ1) is 14.5. The minimum atomic E-state index is -0.735. The highest BCUT2D eigenvalue weighted by molar-refractivity contribution is 5.79. The van der Waals surface area contributed by atoms with Crippen molar-refractivity contribution in [3.8, 4) is 0 Å². The van der Waals surface area contributed by atoms with E-state index in [1.165, 1.54) is 13.2 Å². The second-order valence-corrected chi connectivity index (χ2v) is 3.83. The SMILES string of the molecule is COCC(CN)NC(=O)Cc1c(F)cccc1F. The maximum atomic E-state index is 13.3. The smallest absolute Gasteiger partial charge is 0.224 e. The number of methoxy groups -OCH3 is 1. The van der Waals surface area contributed by atoms with Gasteiger partial charge in [-0.2, -0.15) is 0 Å². The van der Waals surface area contributed by atoms with Crippen LogP contribution in [0.3, 0.4) is 0 Å². The number of rotatable bonds is 6. The van der Waals surface area contributed by atoms with Crippen LogP contribution in [0.1, 0.15) is 5.56 Å². The molecule has 1 amide bonds. The highest BCUT2D eigenvalue weighted by atomic mass is 19.1. The van der Waals surface area contributed by atoms with Crippen LogP contribution in [-0.2, 0) is 16.0 Å². The summed E-state index contributed by atoms with van der Waals surface area (Å²) in [4.78, 5) is 11.6. The van der Waals surface area contributed by atoms with Crippen LogP contribution in [0.5, 0.6) is 0 Å². The maximum absolute atomic E-state index is 13.3. The topological polar surface area (TPSA) is 64.3 Å². The van der Waals surface area contributed by atoms with Gasteiger partial charge in [0.15, 0.2) is 0 Å². The Morgan fingerprint density at radius 2 is 2.06 bits per heavy atom. The van der Waals surface area contributed by atoms with Crippen molar-refractivity contribution >= 4 is 5.91 Å². The van der Waals surface area contributed by atoms with E-state index in [0.29, 0.717) is 0 Å². The molecule has 0 radical (unpaired) electrons. The van der Waals surface area contributed by atoms with Crippen LogP contribution in [0.2, 0.25) is 0 Å². The Morgan fingerprint density at radius 3 is 2.56 bits per heavy atom. The van der Waals surface area contributed by atoms with Gasteiger partial charge in [0.1, 0.15) is 11.6 Å². The minimum Gasteiger partial charge on any atom is -0.383 e. The van der Waals surface area contributed by atoms with E-state index < -0.39 is 17.5 Å². The summed E-state index contributed by atoms with van der Waals surface area (Å²) in [6, 6.07) is 3.11. The molecular formula is C12H16F2N2O2. The third-order valence-electron chi connectivity index (χ3n) is 2.42. The van der Waals surface area contributed by atoms with Gasteiger partial charge in [-0.3, -0.25) is 4.79 Å². The van der Waals surface area contributed by atoms with E-state index in [9.17, 15) is 13.6 Å². The van der Waals surface area contributed by atoms with Crippen LogP contribution < -0.4 is 11.1 Å². The number of halogens is 2. The highest BCUT2D eigenvalue weighted by Gasteiger charge is 2.15. The number of carbonyl (C=O) groups excluding carboxylic acids is 1. The summed E-state index contributed by atoms with van der Waals surface area (Å²) in [5.41, 5.74) is 5.17. The predicted octanol–water partition coefficient (Wildman–Crippen LogP) is 0.597. The molecule has 0 fully saturated rings. The Labute approximate surface area is 104 Å². The molecule has 1 aromatic rings. The number of hydrogen-bond acceptors (Lipinski definition) is 3. The Morgan fingerprint density at radius 1 is 1.44 bits per heavy atom. The molecule has 3 N–H and O–H groups in total. The van der Waals surface area contributed by atoms with Gasteiger partial charge in [-0.25, -0.2) is 8.78 Å². The molecule has 0 spiro atoms. The number of ether oxygens (including phenoxy) is 1. The monoisotopic (exact) mass is 258 g/mol. The molecule has 0 bridgehead atoms. The average Bonchev–Trinajstić information content (AvgIpc) is 2.33. The Bertz CT molecular complexity index is 393. The third kappa shape index (κ3) is 4.05. The second kappa shape index (κ2) is 7.03. The van der Waals surface area contributed by atoms with Gasteiger partial charge in [-0.05, 0) is 12.1 Å². The van der Waals surface area contributed by atoms with Gasteiger partial charge in [0.05, 0.1) is 19.1 Å².